The fraction of sp³-hybridized carbons (Fsp3) is 0.160. The molecule has 0 radical (unpaired) electrons. The lowest BCUT2D eigenvalue weighted by Crippen LogP contribution is -2.14. The van der Waals surface area contributed by atoms with Crippen LogP contribution in [0, 0.1) is 0 Å². The number of hydrogen-bond donors (Lipinski definition) is 1. The third-order valence-corrected chi connectivity index (χ3v) is 4.82. The first-order valence-corrected chi connectivity index (χ1v) is 10.8. The highest BCUT2D eigenvalue weighted by molar-refractivity contribution is 5.98. The minimum atomic E-state index is -0.590. The molecule has 0 unspecified atom stereocenters. The van der Waals surface area contributed by atoms with Crippen LogP contribution in [0.4, 0.5) is 11.6 Å². The van der Waals surface area contributed by atoms with E-state index in [1.54, 1.807) is 18.5 Å². The van der Waals surface area contributed by atoms with Crippen LogP contribution in [0.25, 0.3) is 17.1 Å². The number of hydrogen-bond acceptors (Lipinski definition) is 8. The van der Waals surface area contributed by atoms with E-state index in [0.29, 0.717) is 17.3 Å². The fourth-order valence-electron chi connectivity index (χ4n) is 3.27. The van der Waals surface area contributed by atoms with E-state index in [1.165, 1.54) is 12.4 Å². The summed E-state index contributed by atoms with van der Waals surface area (Å²) in [5, 5.41) is 7.50. The quantitative estimate of drug-likeness (QED) is 0.387. The maximum Gasteiger partial charge on any atom is 0.343 e. The normalized spacial score (nSPS) is 10.5. The van der Waals surface area contributed by atoms with Crippen molar-refractivity contribution in [2.24, 2.45) is 0 Å². The van der Waals surface area contributed by atoms with Crippen molar-refractivity contribution < 1.29 is 19.1 Å². The number of esters is 2. The Morgan fingerprint density at radius 2 is 1.47 bits per heavy atom. The van der Waals surface area contributed by atoms with Crippen molar-refractivity contribution in [2.45, 2.75) is 13.8 Å². The molecule has 2 heterocycles. The van der Waals surface area contributed by atoms with Gasteiger partial charge in [-0.2, -0.15) is 5.10 Å². The molecule has 9 heteroatoms. The second-order valence-electron chi connectivity index (χ2n) is 7.04. The van der Waals surface area contributed by atoms with E-state index in [0.717, 1.165) is 5.56 Å². The van der Waals surface area contributed by atoms with Gasteiger partial charge in [0.15, 0.2) is 5.82 Å². The molecule has 0 spiro atoms. The van der Waals surface area contributed by atoms with Crippen LogP contribution in [0.5, 0.6) is 0 Å². The third-order valence-electron chi connectivity index (χ3n) is 4.82. The highest BCUT2D eigenvalue weighted by Gasteiger charge is 2.24. The van der Waals surface area contributed by atoms with Gasteiger partial charge in [0, 0.05) is 11.8 Å². The molecule has 0 fully saturated rings. The second kappa shape index (κ2) is 10.4. The molecule has 0 saturated heterocycles. The number of anilines is 2. The van der Waals surface area contributed by atoms with Crippen LogP contribution in [-0.2, 0) is 9.47 Å². The summed E-state index contributed by atoms with van der Waals surface area (Å²) in [5.74, 6) is -0.265. The van der Waals surface area contributed by atoms with Gasteiger partial charge in [-0.25, -0.2) is 24.2 Å². The van der Waals surface area contributed by atoms with Crippen LogP contribution in [0.15, 0.2) is 73.1 Å². The number of nitrogens with one attached hydrogen (secondary N) is 1. The average molecular weight is 457 g/mol. The first-order chi connectivity index (χ1) is 16.6. The Morgan fingerprint density at radius 3 is 2.12 bits per heavy atom. The first kappa shape index (κ1) is 22.7. The second-order valence-corrected chi connectivity index (χ2v) is 7.04. The maximum atomic E-state index is 12.7. The van der Waals surface area contributed by atoms with Gasteiger partial charge in [-0.3, -0.25) is 0 Å². The molecule has 4 rings (SSSR count). The number of rotatable bonds is 8. The molecule has 0 saturated carbocycles. The molecule has 0 amide bonds. The van der Waals surface area contributed by atoms with Gasteiger partial charge in [0.2, 0.25) is 0 Å². The fourth-order valence-corrected chi connectivity index (χ4v) is 3.27. The monoisotopic (exact) mass is 457 g/mol. The predicted molar refractivity (Wildman–Crippen MR) is 126 cm³/mol. The van der Waals surface area contributed by atoms with Gasteiger partial charge in [-0.1, -0.05) is 48.5 Å². The van der Waals surface area contributed by atoms with Crippen LogP contribution in [-0.4, -0.2) is 44.9 Å². The molecule has 0 aliphatic carbocycles. The average Bonchev–Trinajstić information content (AvgIpc) is 3.29. The van der Waals surface area contributed by atoms with Crippen LogP contribution in [0.1, 0.15) is 34.6 Å². The topological polar surface area (TPSA) is 108 Å². The van der Waals surface area contributed by atoms with Crippen molar-refractivity contribution in [3.05, 3.63) is 84.2 Å². The van der Waals surface area contributed by atoms with E-state index in [2.05, 4.69) is 20.4 Å². The Bertz CT molecular complexity index is 1290. The molecule has 9 nitrogen and oxygen atoms in total. The number of carbonyl (C=O) groups excluding carboxylic acids is 2. The lowest BCUT2D eigenvalue weighted by molar-refractivity contribution is 0.0518. The maximum absolute atomic E-state index is 12.7. The molecule has 2 aromatic carbocycles. The van der Waals surface area contributed by atoms with E-state index in [9.17, 15) is 9.59 Å². The van der Waals surface area contributed by atoms with Gasteiger partial charge >= 0.3 is 11.9 Å². The summed E-state index contributed by atoms with van der Waals surface area (Å²) in [5.41, 5.74) is 1.79. The number of carbonyl (C=O) groups is 2. The number of nitrogens with zero attached hydrogens (tertiary/aromatic N) is 4. The summed E-state index contributed by atoms with van der Waals surface area (Å²) in [7, 11) is 0. The number of ether oxygens (including phenoxy) is 2. The molecule has 34 heavy (non-hydrogen) atoms. The van der Waals surface area contributed by atoms with E-state index < -0.39 is 11.9 Å². The van der Waals surface area contributed by atoms with Gasteiger partial charge < -0.3 is 14.8 Å². The van der Waals surface area contributed by atoms with Gasteiger partial charge in [0.1, 0.15) is 22.8 Å². The first-order valence-electron chi connectivity index (χ1n) is 10.8. The zero-order chi connectivity index (χ0) is 23.9. The molecule has 172 valence electrons. The van der Waals surface area contributed by atoms with E-state index in [1.807, 2.05) is 60.7 Å². The molecule has 0 atom stereocenters. The molecular weight excluding hydrogens is 434 g/mol. The van der Waals surface area contributed by atoms with Crippen molar-refractivity contribution in [3.63, 3.8) is 0 Å². The van der Waals surface area contributed by atoms with Crippen LogP contribution >= 0.6 is 0 Å². The molecule has 0 bridgehead atoms. The lowest BCUT2D eigenvalue weighted by Gasteiger charge is -2.14. The molecule has 0 aliphatic heterocycles. The molecule has 2 aromatic heterocycles. The minimum Gasteiger partial charge on any atom is -0.462 e. The van der Waals surface area contributed by atoms with Crippen LogP contribution in [0.3, 0.4) is 0 Å². The van der Waals surface area contributed by atoms with Gasteiger partial charge in [-0.15, -0.1) is 0 Å². The highest BCUT2D eigenvalue weighted by Crippen LogP contribution is 2.28. The molecular formula is C25H23N5O4. The number of benzene rings is 2. The van der Waals surface area contributed by atoms with E-state index in [-0.39, 0.29) is 30.2 Å². The standard InChI is InChI=1S/C25H23N5O4/c1-3-33-24(31)19-15-26-21(17-11-7-5-8-12-17)28-22(19)29-23-20(25(32)34-4-2)16-27-30(23)18-13-9-6-10-14-18/h5-16H,3-4H2,1-2H3,(H,26,28,29). The zero-order valence-corrected chi connectivity index (χ0v) is 18.8. The minimum absolute atomic E-state index is 0.122. The summed E-state index contributed by atoms with van der Waals surface area (Å²) in [6.45, 7) is 3.83. The third kappa shape index (κ3) is 4.78. The predicted octanol–water partition coefficient (Wildman–Crippen LogP) is 4.43. The Morgan fingerprint density at radius 1 is 0.853 bits per heavy atom. The van der Waals surface area contributed by atoms with E-state index >= 15 is 0 Å². The summed E-state index contributed by atoms with van der Waals surface area (Å²) in [4.78, 5) is 34.3. The SMILES string of the molecule is CCOC(=O)c1cnc(-c2ccccc2)nc1Nc1c(C(=O)OCC)cnn1-c1ccccc1. The Labute approximate surface area is 196 Å². The highest BCUT2D eigenvalue weighted by atomic mass is 16.5. The van der Waals surface area contributed by atoms with Gasteiger partial charge in [-0.05, 0) is 26.0 Å². The van der Waals surface area contributed by atoms with Crippen molar-refractivity contribution in [1.82, 2.24) is 19.7 Å². The van der Waals surface area contributed by atoms with Crippen molar-refractivity contribution in [1.29, 1.82) is 0 Å². The Hall–Kier alpha value is -4.53. The summed E-state index contributed by atoms with van der Waals surface area (Å²) in [6, 6.07) is 18.6. The molecule has 0 aliphatic rings. The zero-order valence-electron chi connectivity index (χ0n) is 18.8. The number of aromatic nitrogens is 4. The summed E-state index contributed by atoms with van der Waals surface area (Å²) in [6.07, 6.45) is 2.82. The Kier molecular flexibility index (Phi) is 6.92. The Balaban J connectivity index is 1.85. The number of para-hydroxylation sites is 1. The van der Waals surface area contributed by atoms with Crippen molar-refractivity contribution in [2.75, 3.05) is 18.5 Å². The van der Waals surface area contributed by atoms with E-state index in [4.69, 9.17) is 9.47 Å². The summed E-state index contributed by atoms with van der Waals surface area (Å²) >= 11 is 0. The molecule has 1 N–H and O–H groups in total. The largest absolute Gasteiger partial charge is 0.462 e. The lowest BCUT2D eigenvalue weighted by atomic mass is 10.2. The van der Waals surface area contributed by atoms with Gasteiger partial charge in [0.25, 0.3) is 0 Å². The van der Waals surface area contributed by atoms with Crippen molar-refractivity contribution >= 4 is 23.6 Å². The van der Waals surface area contributed by atoms with Gasteiger partial charge in [0.05, 0.1) is 25.1 Å². The molecule has 4 aromatic rings. The van der Waals surface area contributed by atoms with Crippen LogP contribution in [0.2, 0.25) is 0 Å². The van der Waals surface area contributed by atoms with Crippen molar-refractivity contribution in [3.8, 4) is 17.1 Å². The van der Waals surface area contributed by atoms with Crippen LogP contribution < -0.4 is 5.32 Å². The summed E-state index contributed by atoms with van der Waals surface area (Å²) < 4.78 is 11.9. The smallest absolute Gasteiger partial charge is 0.343 e.